The lowest BCUT2D eigenvalue weighted by Gasteiger charge is -1.78. The standard InChI is InChI=1S/C6H10O/c1-3-4-5-6-7-2/h3-6H,1-2H3/b4-3-,6-5-. The van der Waals surface area contributed by atoms with Gasteiger partial charge in [0.15, 0.2) is 0 Å². The second kappa shape index (κ2) is 5.28. The molecule has 0 aromatic rings. The third-order valence-electron chi connectivity index (χ3n) is 0.518. The van der Waals surface area contributed by atoms with Crippen LogP contribution in [0.5, 0.6) is 0 Å². The van der Waals surface area contributed by atoms with Gasteiger partial charge in [0.1, 0.15) is 0 Å². The van der Waals surface area contributed by atoms with E-state index in [1.807, 2.05) is 25.2 Å². The summed E-state index contributed by atoms with van der Waals surface area (Å²) in [6.45, 7) is 1.96. The molecule has 0 radical (unpaired) electrons. The maximum absolute atomic E-state index is 4.61. The van der Waals surface area contributed by atoms with E-state index in [0.29, 0.717) is 0 Å². The van der Waals surface area contributed by atoms with E-state index >= 15 is 0 Å². The van der Waals surface area contributed by atoms with Crippen LogP contribution in [0.2, 0.25) is 0 Å². The van der Waals surface area contributed by atoms with Crippen molar-refractivity contribution in [1.82, 2.24) is 0 Å². The van der Waals surface area contributed by atoms with Crippen molar-refractivity contribution in [3.05, 3.63) is 24.5 Å². The number of allylic oxidation sites excluding steroid dienone is 3. The Morgan fingerprint density at radius 3 is 2.43 bits per heavy atom. The number of methoxy groups -OCH3 is 1. The summed E-state index contributed by atoms with van der Waals surface area (Å²) in [5, 5.41) is 0. The van der Waals surface area contributed by atoms with Crippen molar-refractivity contribution in [2.24, 2.45) is 0 Å². The molecular weight excluding hydrogens is 88.1 g/mol. The summed E-state index contributed by atoms with van der Waals surface area (Å²) in [5.74, 6) is 0. The lowest BCUT2D eigenvalue weighted by atomic mass is 10.5. The van der Waals surface area contributed by atoms with Crippen LogP contribution in [0.3, 0.4) is 0 Å². The minimum atomic E-state index is 1.62. The molecule has 7 heavy (non-hydrogen) atoms. The minimum Gasteiger partial charge on any atom is -0.504 e. The molecule has 0 bridgehead atoms. The van der Waals surface area contributed by atoms with Gasteiger partial charge in [0.2, 0.25) is 0 Å². The molecule has 0 N–H and O–H groups in total. The molecule has 0 atom stereocenters. The monoisotopic (exact) mass is 98.1 g/mol. The third kappa shape index (κ3) is 5.28. The Morgan fingerprint density at radius 2 is 2.00 bits per heavy atom. The SMILES string of the molecule is C/C=C\C=C/OC. The van der Waals surface area contributed by atoms with Gasteiger partial charge in [-0.05, 0) is 13.0 Å². The Bertz CT molecular complexity index is 72.2. The van der Waals surface area contributed by atoms with Crippen molar-refractivity contribution in [3.63, 3.8) is 0 Å². The minimum absolute atomic E-state index is 1.62. The highest BCUT2D eigenvalue weighted by Crippen LogP contribution is 1.74. The maximum Gasteiger partial charge on any atom is 0.0824 e. The van der Waals surface area contributed by atoms with E-state index in [0.717, 1.165) is 0 Å². The molecule has 0 aromatic heterocycles. The van der Waals surface area contributed by atoms with Gasteiger partial charge in [0, 0.05) is 0 Å². The van der Waals surface area contributed by atoms with Gasteiger partial charge in [-0.1, -0.05) is 12.2 Å². The van der Waals surface area contributed by atoms with Crippen molar-refractivity contribution in [2.75, 3.05) is 7.11 Å². The summed E-state index contributed by atoms with van der Waals surface area (Å²) in [4.78, 5) is 0. The predicted octanol–water partition coefficient (Wildman–Crippen LogP) is 1.72. The molecule has 0 amide bonds. The van der Waals surface area contributed by atoms with Crippen molar-refractivity contribution >= 4 is 0 Å². The van der Waals surface area contributed by atoms with Crippen LogP contribution in [0, 0.1) is 0 Å². The first-order chi connectivity index (χ1) is 3.41. The van der Waals surface area contributed by atoms with Crippen molar-refractivity contribution in [3.8, 4) is 0 Å². The van der Waals surface area contributed by atoms with Crippen LogP contribution in [0.4, 0.5) is 0 Å². The summed E-state index contributed by atoms with van der Waals surface area (Å²) in [5.41, 5.74) is 0. The molecule has 0 fully saturated rings. The lowest BCUT2D eigenvalue weighted by molar-refractivity contribution is 0.338. The Morgan fingerprint density at radius 1 is 1.29 bits per heavy atom. The second-order valence-corrected chi connectivity index (χ2v) is 1.09. The molecule has 0 saturated carbocycles. The summed E-state index contributed by atoms with van der Waals surface area (Å²) >= 11 is 0. The van der Waals surface area contributed by atoms with Gasteiger partial charge in [0.25, 0.3) is 0 Å². The van der Waals surface area contributed by atoms with Gasteiger partial charge in [0.05, 0.1) is 13.4 Å². The first-order valence-electron chi connectivity index (χ1n) is 2.22. The van der Waals surface area contributed by atoms with Crippen LogP contribution in [0.15, 0.2) is 24.5 Å². The quantitative estimate of drug-likeness (QED) is 0.377. The molecule has 0 aliphatic heterocycles. The first-order valence-corrected chi connectivity index (χ1v) is 2.22. The van der Waals surface area contributed by atoms with Crippen LogP contribution in [0.1, 0.15) is 6.92 Å². The average molecular weight is 98.1 g/mol. The van der Waals surface area contributed by atoms with E-state index in [1.54, 1.807) is 13.4 Å². The van der Waals surface area contributed by atoms with Gasteiger partial charge in [-0.15, -0.1) is 0 Å². The number of ether oxygens (including phenoxy) is 1. The van der Waals surface area contributed by atoms with E-state index < -0.39 is 0 Å². The summed E-state index contributed by atoms with van der Waals surface area (Å²) < 4.78 is 4.61. The van der Waals surface area contributed by atoms with Gasteiger partial charge in [-0.3, -0.25) is 0 Å². The van der Waals surface area contributed by atoms with Crippen molar-refractivity contribution in [2.45, 2.75) is 6.92 Å². The third-order valence-corrected chi connectivity index (χ3v) is 0.518. The topological polar surface area (TPSA) is 9.23 Å². The fourth-order valence-electron chi connectivity index (χ4n) is 0.235. The number of hydrogen-bond acceptors (Lipinski definition) is 1. The summed E-state index contributed by atoms with van der Waals surface area (Å²) in [6, 6.07) is 0. The molecule has 0 aromatic carbocycles. The Labute approximate surface area is 44.3 Å². The zero-order valence-corrected chi connectivity index (χ0v) is 4.72. The van der Waals surface area contributed by atoms with Crippen LogP contribution in [-0.4, -0.2) is 7.11 Å². The highest BCUT2D eigenvalue weighted by atomic mass is 16.5. The molecular formula is C6H10O. The summed E-state index contributed by atoms with van der Waals surface area (Å²) in [7, 11) is 1.62. The molecule has 0 rings (SSSR count). The highest BCUT2D eigenvalue weighted by molar-refractivity contribution is 4.97. The molecule has 0 heterocycles. The van der Waals surface area contributed by atoms with Crippen molar-refractivity contribution < 1.29 is 4.74 Å². The Kier molecular flexibility index (Phi) is 4.74. The van der Waals surface area contributed by atoms with Crippen molar-refractivity contribution in [1.29, 1.82) is 0 Å². The van der Waals surface area contributed by atoms with Gasteiger partial charge in [-0.2, -0.15) is 0 Å². The van der Waals surface area contributed by atoms with E-state index in [-0.39, 0.29) is 0 Å². The van der Waals surface area contributed by atoms with Crippen LogP contribution >= 0.6 is 0 Å². The Balaban J connectivity index is 3.09. The van der Waals surface area contributed by atoms with Gasteiger partial charge in [-0.25, -0.2) is 0 Å². The molecule has 0 aliphatic carbocycles. The second-order valence-electron chi connectivity index (χ2n) is 1.09. The Hall–Kier alpha value is -0.720. The van der Waals surface area contributed by atoms with E-state index in [2.05, 4.69) is 4.74 Å². The zero-order chi connectivity index (χ0) is 5.54. The zero-order valence-electron chi connectivity index (χ0n) is 4.72. The van der Waals surface area contributed by atoms with Crippen LogP contribution in [-0.2, 0) is 4.74 Å². The van der Waals surface area contributed by atoms with E-state index in [1.165, 1.54) is 0 Å². The molecule has 0 saturated heterocycles. The fourth-order valence-corrected chi connectivity index (χ4v) is 0.235. The molecule has 0 unspecified atom stereocenters. The smallest absolute Gasteiger partial charge is 0.0824 e. The largest absolute Gasteiger partial charge is 0.504 e. The molecule has 40 valence electrons. The molecule has 0 aliphatic rings. The average Bonchev–Trinajstić information content (AvgIpc) is 1.69. The first kappa shape index (κ1) is 6.28. The molecule has 0 spiro atoms. The van der Waals surface area contributed by atoms with Gasteiger partial charge < -0.3 is 4.74 Å². The maximum atomic E-state index is 4.61. The highest BCUT2D eigenvalue weighted by Gasteiger charge is 1.55. The van der Waals surface area contributed by atoms with E-state index in [9.17, 15) is 0 Å². The number of hydrogen-bond donors (Lipinski definition) is 0. The normalized spacial score (nSPS) is 11.1. The molecule has 1 heteroatoms. The lowest BCUT2D eigenvalue weighted by Crippen LogP contribution is -1.59. The van der Waals surface area contributed by atoms with Crippen LogP contribution in [0.25, 0.3) is 0 Å². The van der Waals surface area contributed by atoms with Crippen LogP contribution < -0.4 is 0 Å². The van der Waals surface area contributed by atoms with E-state index in [4.69, 9.17) is 0 Å². The predicted molar refractivity (Wildman–Crippen MR) is 31.0 cm³/mol. The fraction of sp³-hybridized carbons (Fsp3) is 0.333. The summed E-state index contributed by atoms with van der Waals surface area (Å²) in [6.07, 6.45) is 7.30. The molecule has 1 nitrogen and oxygen atoms in total. The van der Waals surface area contributed by atoms with Gasteiger partial charge >= 0.3 is 0 Å². The number of rotatable bonds is 2.